The van der Waals surface area contributed by atoms with E-state index in [-0.39, 0.29) is 30.2 Å². The Morgan fingerprint density at radius 2 is 1.88 bits per heavy atom. The molecule has 0 aromatic heterocycles. The van der Waals surface area contributed by atoms with Crippen LogP contribution in [-0.4, -0.2) is 5.97 Å². The van der Waals surface area contributed by atoms with Gasteiger partial charge in [0.25, 0.3) is 0 Å². The molecule has 3 nitrogen and oxygen atoms in total. The molecule has 0 atom stereocenters. The lowest BCUT2D eigenvalue weighted by molar-refractivity contribution is -0.134. The molecular formula is C21H22F2O3. The first-order chi connectivity index (χ1) is 12.5. The molecular weight excluding hydrogens is 338 g/mol. The number of hydrogen-bond donors (Lipinski definition) is 0. The van der Waals surface area contributed by atoms with Crippen molar-refractivity contribution in [1.82, 2.24) is 0 Å². The van der Waals surface area contributed by atoms with Crippen molar-refractivity contribution in [2.45, 2.75) is 52.1 Å². The number of benzene rings is 2. The highest BCUT2D eigenvalue weighted by Gasteiger charge is 2.28. The van der Waals surface area contributed by atoms with Crippen LogP contribution in [0, 0.1) is 11.6 Å². The maximum atomic E-state index is 14.2. The number of halogens is 2. The Hall–Kier alpha value is -2.43. The molecule has 1 fully saturated rings. The molecule has 3 rings (SSSR count). The number of carbonyl (C=O) groups excluding carboxylic acids is 1. The van der Waals surface area contributed by atoms with E-state index in [1.807, 2.05) is 13.0 Å². The zero-order valence-electron chi connectivity index (χ0n) is 15.0. The van der Waals surface area contributed by atoms with E-state index >= 15 is 0 Å². The number of aryl methyl sites for hydroxylation is 1. The highest BCUT2D eigenvalue weighted by atomic mass is 19.1. The number of esters is 1. The summed E-state index contributed by atoms with van der Waals surface area (Å²) in [6.45, 7) is 3.44. The summed E-state index contributed by atoms with van der Waals surface area (Å²) in [6.07, 6.45) is 2.89. The molecule has 26 heavy (non-hydrogen) atoms. The highest BCUT2D eigenvalue weighted by molar-refractivity contribution is 5.72. The van der Waals surface area contributed by atoms with Gasteiger partial charge in [-0.3, -0.25) is 4.79 Å². The molecule has 0 unspecified atom stereocenters. The lowest BCUT2D eigenvalue weighted by Crippen LogP contribution is -2.10. The Bertz CT molecular complexity index is 813. The Labute approximate surface area is 151 Å². The van der Waals surface area contributed by atoms with Gasteiger partial charge in [-0.1, -0.05) is 19.9 Å². The Morgan fingerprint density at radius 1 is 1.12 bits per heavy atom. The fourth-order valence-corrected chi connectivity index (χ4v) is 2.85. The van der Waals surface area contributed by atoms with Crippen molar-refractivity contribution in [3.05, 3.63) is 58.7 Å². The van der Waals surface area contributed by atoms with Crippen LogP contribution in [0.1, 0.15) is 55.7 Å². The van der Waals surface area contributed by atoms with E-state index in [1.165, 1.54) is 24.3 Å². The van der Waals surface area contributed by atoms with Crippen molar-refractivity contribution in [3.8, 4) is 11.5 Å². The average Bonchev–Trinajstić information content (AvgIpc) is 3.46. The van der Waals surface area contributed by atoms with Crippen LogP contribution >= 0.6 is 0 Å². The lowest BCUT2D eigenvalue weighted by atomic mass is 10.0. The van der Waals surface area contributed by atoms with Crippen molar-refractivity contribution in [3.63, 3.8) is 0 Å². The van der Waals surface area contributed by atoms with E-state index in [9.17, 15) is 13.6 Å². The second-order valence-electron chi connectivity index (χ2n) is 6.44. The second kappa shape index (κ2) is 7.85. The van der Waals surface area contributed by atoms with E-state index in [2.05, 4.69) is 0 Å². The van der Waals surface area contributed by atoms with Gasteiger partial charge < -0.3 is 9.47 Å². The Morgan fingerprint density at radius 3 is 2.54 bits per heavy atom. The monoisotopic (exact) mass is 360 g/mol. The molecule has 138 valence electrons. The van der Waals surface area contributed by atoms with Gasteiger partial charge in [-0.15, -0.1) is 0 Å². The van der Waals surface area contributed by atoms with Crippen LogP contribution in [0.25, 0.3) is 0 Å². The number of ether oxygens (including phenoxy) is 2. The zero-order valence-corrected chi connectivity index (χ0v) is 15.0. The fraction of sp³-hybridized carbons (Fsp3) is 0.381. The predicted octanol–water partition coefficient (Wildman–Crippen LogP) is 5.30. The van der Waals surface area contributed by atoms with Gasteiger partial charge in [-0.05, 0) is 54.5 Å². The van der Waals surface area contributed by atoms with Gasteiger partial charge in [0, 0.05) is 12.5 Å². The SMILES string of the molecule is CCC(=O)Oc1cccc(F)c1COc1cc(F)c(CC)cc1C1CC1. The number of rotatable bonds is 7. The van der Waals surface area contributed by atoms with Gasteiger partial charge in [0.2, 0.25) is 0 Å². The molecule has 0 amide bonds. The summed E-state index contributed by atoms with van der Waals surface area (Å²) in [5, 5.41) is 0. The normalized spacial score (nSPS) is 13.5. The third kappa shape index (κ3) is 4.03. The largest absolute Gasteiger partial charge is 0.488 e. The summed E-state index contributed by atoms with van der Waals surface area (Å²) in [6, 6.07) is 7.51. The average molecular weight is 360 g/mol. The Balaban J connectivity index is 1.85. The van der Waals surface area contributed by atoms with Crippen LogP contribution in [0.4, 0.5) is 8.78 Å². The van der Waals surface area contributed by atoms with Crippen LogP contribution in [0.5, 0.6) is 11.5 Å². The molecule has 0 N–H and O–H groups in total. The summed E-state index contributed by atoms with van der Waals surface area (Å²) < 4.78 is 39.4. The van der Waals surface area contributed by atoms with Crippen LogP contribution in [0.3, 0.4) is 0 Å². The second-order valence-corrected chi connectivity index (χ2v) is 6.44. The quantitative estimate of drug-likeness (QED) is 0.496. The molecule has 0 saturated heterocycles. The van der Waals surface area contributed by atoms with Gasteiger partial charge in [0.15, 0.2) is 0 Å². The predicted molar refractivity (Wildman–Crippen MR) is 94.4 cm³/mol. The van der Waals surface area contributed by atoms with Gasteiger partial charge in [-0.2, -0.15) is 0 Å². The van der Waals surface area contributed by atoms with Crippen LogP contribution < -0.4 is 9.47 Å². The first-order valence-corrected chi connectivity index (χ1v) is 8.96. The maximum Gasteiger partial charge on any atom is 0.310 e. The standard InChI is InChI=1S/C21H22F2O3/c1-3-13-10-15(14-8-9-14)20(11-18(13)23)25-12-16-17(22)6-5-7-19(16)26-21(24)4-2/h5-7,10-11,14H,3-4,8-9,12H2,1-2H3. The van der Waals surface area contributed by atoms with E-state index < -0.39 is 11.8 Å². The molecule has 2 aromatic carbocycles. The van der Waals surface area contributed by atoms with E-state index in [4.69, 9.17) is 9.47 Å². The van der Waals surface area contributed by atoms with Gasteiger partial charge in [0.1, 0.15) is 29.7 Å². The van der Waals surface area contributed by atoms with Crippen molar-refractivity contribution in [2.24, 2.45) is 0 Å². The molecule has 0 spiro atoms. The van der Waals surface area contributed by atoms with Gasteiger partial charge in [0.05, 0.1) is 5.56 Å². The smallest absolute Gasteiger partial charge is 0.310 e. The van der Waals surface area contributed by atoms with Crippen molar-refractivity contribution in [2.75, 3.05) is 0 Å². The van der Waals surface area contributed by atoms with E-state index in [0.717, 1.165) is 18.4 Å². The Kier molecular flexibility index (Phi) is 5.55. The molecule has 0 radical (unpaired) electrons. The summed E-state index contributed by atoms with van der Waals surface area (Å²) in [5.74, 6) is -0.362. The molecule has 0 bridgehead atoms. The summed E-state index contributed by atoms with van der Waals surface area (Å²) >= 11 is 0. The van der Waals surface area contributed by atoms with Gasteiger partial charge in [-0.25, -0.2) is 8.78 Å². The van der Waals surface area contributed by atoms with Crippen LogP contribution in [0.2, 0.25) is 0 Å². The molecule has 1 saturated carbocycles. The third-order valence-electron chi connectivity index (χ3n) is 4.54. The molecule has 1 aliphatic carbocycles. The molecule has 5 heteroatoms. The van der Waals surface area contributed by atoms with Crippen molar-refractivity contribution in [1.29, 1.82) is 0 Å². The summed E-state index contributed by atoms with van der Waals surface area (Å²) in [5.41, 5.74) is 1.77. The summed E-state index contributed by atoms with van der Waals surface area (Å²) in [4.78, 5) is 11.6. The zero-order chi connectivity index (χ0) is 18.7. The highest BCUT2D eigenvalue weighted by Crippen LogP contribution is 2.45. The minimum atomic E-state index is -0.523. The minimum absolute atomic E-state index is 0.135. The van der Waals surface area contributed by atoms with E-state index in [0.29, 0.717) is 23.7 Å². The topological polar surface area (TPSA) is 35.5 Å². The third-order valence-corrected chi connectivity index (χ3v) is 4.54. The molecule has 0 heterocycles. The fourth-order valence-electron chi connectivity index (χ4n) is 2.85. The lowest BCUT2D eigenvalue weighted by Gasteiger charge is -2.15. The first kappa shape index (κ1) is 18.4. The van der Waals surface area contributed by atoms with Gasteiger partial charge >= 0.3 is 5.97 Å². The first-order valence-electron chi connectivity index (χ1n) is 8.96. The van der Waals surface area contributed by atoms with Crippen molar-refractivity contribution >= 4 is 5.97 Å². The van der Waals surface area contributed by atoms with Crippen LogP contribution in [-0.2, 0) is 17.8 Å². The molecule has 1 aliphatic rings. The summed E-state index contributed by atoms with van der Waals surface area (Å²) in [7, 11) is 0. The van der Waals surface area contributed by atoms with Crippen molar-refractivity contribution < 1.29 is 23.0 Å². The van der Waals surface area contributed by atoms with Crippen LogP contribution in [0.15, 0.2) is 30.3 Å². The van der Waals surface area contributed by atoms with E-state index in [1.54, 1.807) is 6.92 Å². The number of hydrogen-bond acceptors (Lipinski definition) is 3. The molecule has 0 aliphatic heterocycles. The molecule has 2 aromatic rings. The maximum absolute atomic E-state index is 14.2. The number of carbonyl (C=O) groups is 1. The minimum Gasteiger partial charge on any atom is -0.488 e.